The molecule has 1 aromatic carbocycles. The fourth-order valence-electron chi connectivity index (χ4n) is 1.74. The molecule has 0 radical (unpaired) electrons. The Morgan fingerprint density at radius 2 is 2.11 bits per heavy atom. The number of nitrogens with one attached hydrogen (secondary N) is 1. The van der Waals surface area contributed by atoms with Crippen LogP contribution in [0.15, 0.2) is 24.3 Å². The van der Waals surface area contributed by atoms with Crippen molar-refractivity contribution in [3.63, 3.8) is 0 Å². The summed E-state index contributed by atoms with van der Waals surface area (Å²) in [6, 6.07) is 7.21. The van der Waals surface area contributed by atoms with Crippen LogP contribution in [0.25, 0.3) is 0 Å². The van der Waals surface area contributed by atoms with Crippen LogP contribution in [0.5, 0.6) is 0 Å². The number of carbonyl (C=O) groups is 1. The minimum Gasteiger partial charge on any atom is -0.399 e. The molecule has 1 amide bonds. The van der Waals surface area contributed by atoms with Crippen molar-refractivity contribution in [1.82, 2.24) is 5.32 Å². The van der Waals surface area contributed by atoms with E-state index in [0.29, 0.717) is 11.4 Å². The number of carbonyl (C=O) groups excluding carboxylic acids is 1. The maximum atomic E-state index is 12.0. The van der Waals surface area contributed by atoms with Crippen LogP contribution in [-0.2, 0) is 15.6 Å². The summed E-state index contributed by atoms with van der Waals surface area (Å²) in [6.07, 6.45) is 1.63. The van der Waals surface area contributed by atoms with E-state index >= 15 is 0 Å². The first-order chi connectivity index (χ1) is 8.40. The second-order valence-electron chi connectivity index (χ2n) is 4.54. The smallest absolute Gasteiger partial charge is 0.227 e. The van der Waals surface area contributed by atoms with Gasteiger partial charge in [0.25, 0.3) is 0 Å². The molecule has 4 nitrogen and oxygen atoms in total. The van der Waals surface area contributed by atoms with Gasteiger partial charge in [-0.1, -0.05) is 12.1 Å². The summed E-state index contributed by atoms with van der Waals surface area (Å²) in [5, 5.41) is 2.86. The monoisotopic (exact) mass is 268 g/mol. The molecule has 0 spiro atoms. The molecule has 3 unspecified atom stereocenters. The molecule has 0 aliphatic carbocycles. The number of amides is 1. The van der Waals surface area contributed by atoms with Crippen molar-refractivity contribution in [3.8, 4) is 0 Å². The molecule has 0 saturated heterocycles. The maximum Gasteiger partial charge on any atom is 0.227 e. The van der Waals surface area contributed by atoms with E-state index in [1.165, 1.54) is 0 Å². The van der Waals surface area contributed by atoms with Gasteiger partial charge in [0.1, 0.15) is 0 Å². The van der Waals surface area contributed by atoms with Crippen LogP contribution in [0.1, 0.15) is 25.3 Å². The summed E-state index contributed by atoms with van der Waals surface area (Å²) in [4.78, 5) is 12.0. The lowest BCUT2D eigenvalue weighted by molar-refractivity contribution is -0.122. The van der Waals surface area contributed by atoms with Gasteiger partial charge in [-0.3, -0.25) is 9.00 Å². The highest BCUT2D eigenvalue weighted by Crippen LogP contribution is 2.17. The lowest BCUT2D eigenvalue weighted by Gasteiger charge is -2.17. The first-order valence-corrected chi connectivity index (χ1v) is 7.58. The van der Waals surface area contributed by atoms with Crippen molar-refractivity contribution in [1.29, 1.82) is 0 Å². The van der Waals surface area contributed by atoms with E-state index in [-0.39, 0.29) is 17.9 Å². The van der Waals surface area contributed by atoms with Crippen molar-refractivity contribution < 1.29 is 9.00 Å². The van der Waals surface area contributed by atoms with Crippen LogP contribution in [0, 0.1) is 0 Å². The lowest BCUT2D eigenvalue weighted by Crippen LogP contribution is -2.38. The van der Waals surface area contributed by atoms with E-state index in [0.717, 1.165) is 5.56 Å². The zero-order valence-electron chi connectivity index (χ0n) is 11.0. The van der Waals surface area contributed by atoms with Crippen LogP contribution in [0.2, 0.25) is 0 Å². The minimum absolute atomic E-state index is 0.0708. The molecule has 0 aromatic heterocycles. The van der Waals surface area contributed by atoms with Crippen LogP contribution >= 0.6 is 0 Å². The first kappa shape index (κ1) is 14.7. The topological polar surface area (TPSA) is 72.2 Å². The average Bonchev–Trinajstić information content (AvgIpc) is 2.26. The Labute approximate surface area is 110 Å². The van der Waals surface area contributed by atoms with Crippen molar-refractivity contribution in [2.45, 2.75) is 25.8 Å². The number of anilines is 1. The SMILES string of the molecule is CC(CS(C)=O)NC(=O)C(C)c1cccc(N)c1. The molecular weight excluding hydrogens is 248 g/mol. The molecule has 18 heavy (non-hydrogen) atoms. The molecule has 3 N–H and O–H groups in total. The van der Waals surface area contributed by atoms with Gasteiger partial charge in [-0.2, -0.15) is 0 Å². The molecule has 0 heterocycles. The second-order valence-corrected chi connectivity index (χ2v) is 6.02. The Kier molecular flexibility index (Phi) is 5.34. The number of rotatable bonds is 5. The third-order valence-corrected chi connectivity index (χ3v) is 3.65. The van der Waals surface area contributed by atoms with Gasteiger partial charge >= 0.3 is 0 Å². The molecule has 0 aliphatic heterocycles. The molecule has 0 bridgehead atoms. The number of hydrogen-bond acceptors (Lipinski definition) is 3. The molecule has 100 valence electrons. The highest BCUT2D eigenvalue weighted by atomic mass is 32.2. The Hall–Kier alpha value is -1.36. The number of benzene rings is 1. The van der Waals surface area contributed by atoms with Crippen molar-refractivity contribution in [2.24, 2.45) is 0 Å². The van der Waals surface area contributed by atoms with Gasteiger partial charge in [-0.05, 0) is 31.5 Å². The summed E-state index contributed by atoms with van der Waals surface area (Å²) in [5.74, 6) is 0.134. The van der Waals surface area contributed by atoms with Gasteiger partial charge in [0, 0.05) is 34.5 Å². The molecule has 0 aliphatic rings. The molecule has 3 atom stereocenters. The van der Waals surface area contributed by atoms with Crippen molar-refractivity contribution >= 4 is 22.4 Å². The van der Waals surface area contributed by atoms with E-state index in [4.69, 9.17) is 5.73 Å². The molecule has 0 saturated carbocycles. The molecule has 1 rings (SSSR count). The summed E-state index contributed by atoms with van der Waals surface area (Å²) < 4.78 is 11.1. The average molecular weight is 268 g/mol. The van der Waals surface area contributed by atoms with Gasteiger partial charge in [-0.15, -0.1) is 0 Å². The van der Waals surface area contributed by atoms with Crippen molar-refractivity contribution in [2.75, 3.05) is 17.7 Å². The summed E-state index contributed by atoms with van der Waals surface area (Å²) in [5.41, 5.74) is 7.23. The minimum atomic E-state index is -0.908. The zero-order chi connectivity index (χ0) is 13.7. The molecule has 1 aromatic rings. The van der Waals surface area contributed by atoms with E-state index in [9.17, 15) is 9.00 Å². The van der Waals surface area contributed by atoms with Crippen LogP contribution in [-0.4, -0.2) is 28.2 Å². The highest BCUT2D eigenvalue weighted by Gasteiger charge is 2.17. The van der Waals surface area contributed by atoms with Gasteiger partial charge < -0.3 is 11.1 Å². The van der Waals surface area contributed by atoms with Crippen LogP contribution in [0.3, 0.4) is 0 Å². The van der Waals surface area contributed by atoms with E-state index in [2.05, 4.69) is 5.32 Å². The Morgan fingerprint density at radius 3 is 2.67 bits per heavy atom. The third kappa shape index (κ3) is 4.49. The third-order valence-electron chi connectivity index (χ3n) is 2.68. The Bertz CT molecular complexity index is 448. The van der Waals surface area contributed by atoms with Crippen LogP contribution < -0.4 is 11.1 Å². The highest BCUT2D eigenvalue weighted by molar-refractivity contribution is 7.84. The van der Waals surface area contributed by atoms with Gasteiger partial charge in [0.2, 0.25) is 5.91 Å². The van der Waals surface area contributed by atoms with E-state index < -0.39 is 10.8 Å². The second kappa shape index (κ2) is 6.54. The van der Waals surface area contributed by atoms with E-state index in [1.54, 1.807) is 18.4 Å². The quantitative estimate of drug-likeness (QED) is 0.790. The van der Waals surface area contributed by atoms with Gasteiger partial charge in [-0.25, -0.2) is 0 Å². The van der Waals surface area contributed by atoms with Crippen LogP contribution in [0.4, 0.5) is 5.69 Å². The fraction of sp³-hybridized carbons (Fsp3) is 0.462. The van der Waals surface area contributed by atoms with E-state index in [1.807, 2.05) is 26.0 Å². The first-order valence-electron chi connectivity index (χ1n) is 5.86. The van der Waals surface area contributed by atoms with Crippen molar-refractivity contribution in [3.05, 3.63) is 29.8 Å². The summed E-state index contributed by atoms with van der Waals surface area (Å²) in [7, 11) is -0.908. The Balaban J connectivity index is 2.64. The standard InChI is InChI=1S/C13H20N2O2S/c1-9(8-18(3)17)15-13(16)10(2)11-5-4-6-12(14)7-11/h4-7,9-10H,8,14H2,1-3H3,(H,15,16). The number of nitrogens with two attached hydrogens (primary N) is 1. The summed E-state index contributed by atoms with van der Waals surface area (Å²) >= 11 is 0. The normalized spacial score (nSPS) is 15.7. The van der Waals surface area contributed by atoms with Gasteiger partial charge in [0.15, 0.2) is 0 Å². The molecule has 0 fully saturated rings. The summed E-state index contributed by atoms with van der Waals surface area (Å²) in [6.45, 7) is 3.69. The fourth-order valence-corrected chi connectivity index (χ4v) is 2.53. The lowest BCUT2D eigenvalue weighted by atomic mass is 9.99. The molecular formula is C13H20N2O2S. The predicted octanol–water partition coefficient (Wildman–Crippen LogP) is 1.26. The predicted molar refractivity (Wildman–Crippen MR) is 75.8 cm³/mol. The maximum absolute atomic E-state index is 12.0. The number of hydrogen-bond donors (Lipinski definition) is 2. The Morgan fingerprint density at radius 1 is 1.44 bits per heavy atom. The number of nitrogen functional groups attached to an aromatic ring is 1. The largest absolute Gasteiger partial charge is 0.399 e. The zero-order valence-corrected chi connectivity index (χ0v) is 11.8. The van der Waals surface area contributed by atoms with Gasteiger partial charge in [0.05, 0.1) is 5.92 Å². The molecule has 5 heteroatoms.